The average molecular weight is 235 g/mol. The minimum absolute atomic E-state index is 0.0924. The Balaban J connectivity index is 2.08. The summed E-state index contributed by atoms with van der Waals surface area (Å²) in [4.78, 5) is 5.73. The highest BCUT2D eigenvalue weighted by molar-refractivity contribution is 5.19. The Kier molecular flexibility index (Phi) is 3.82. The summed E-state index contributed by atoms with van der Waals surface area (Å²) in [6, 6.07) is 10.5. The molecule has 1 aromatic carbocycles. The molecule has 0 unspecified atom stereocenters. The van der Waals surface area contributed by atoms with Gasteiger partial charge in [0.15, 0.2) is 0 Å². The number of aliphatic hydroxyl groups excluding tert-OH is 1. The molecule has 0 spiro atoms. The molecule has 17 heavy (non-hydrogen) atoms. The first kappa shape index (κ1) is 12.6. The lowest BCUT2D eigenvalue weighted by Gasteiger charge is -2.20. The minimum Gasteiger partial charge on any atom is -0.390 e. The molecule has 0 radical (unpaired) electrons. The van der Waals surface area contributed by atoms with Crippen LogP contribution in [0.5, 0.6) is 0 Å². The fourth-order valence-electron chi connectivity index (χ4n) is 2.35. The van der Waals surface area contributed by atoms with Gasteiger partial charge in [0.25, 0.3) is 0 Å². The Morgan fingerprint density at radius 1 is 1.29 bits per heavy atom. The standard InChI is InChI=1S/C14H21NO2/c1-10(2)14(16)13-9-12(15(3)17-13)11-7-5-4-6-8-11/h4-8,10,12-14,16H,9H2,1-3H3/t12-,13+,14+/m0/s1. The third-order valence-electron chi connectivity index (χ3n) is 3.44. The molecule has 1 aromatic rings. The lowest BCUT2D eigenvalue weighted by atomic mass is 9.95. The van der Waals surface area contributed by atoms with E-state index in [0.29, 0.717) is 0 Å². The number of hydroxylamine groups is 2. The smallest absolute Gasteiger partial charge is 0.107 e. The van der Waals surface area contributed by atoms with Crippen LogP contribution in [-0.2, 0) is 4.84 Å². The van der Waals surface area contributed by atoms with E-state index in [4.69, 9.17) is 4.84 Å². The summed E-state index contributed by atoms with van der Waals surface area (Å²) in [6.07, 6.45) is 0.358. The normalized spacial score (nSPS) is 27.6. The zero-order valence-corrected chi connectivity index (χ0v) is 10.7. The third kappa shape index (κ3) is 2.68. The van der Waals surface area contributed by atoms with Crippen LogP contribution in [0.4, 0.5) is 0 Å². The number of nitrogens with zero attached hydrogens (tertiary/aromatic N) is 1. The lowest BCUT2D eigenvalue weighted by molar-refractivity contribution is -0.175. The van der Waals surface area contributed by atoms with Crippen LogP contribution < -0.4 is 0 Å². The van der Waals surface area contributed by atoms with Gasteiger partial charge in [-0.05, 0) is 11.5 Å². The summed E-state index contributed by atoms with van der Waals surface area (Å²) in [5.41, 5.74) is 1.24. The number of aliphatic hydroxyl groups is 1. The van der Waals surface area contributed by atoms with E-state index >= 15 is 0 Å². The van der Waals surface area contributed by atoms with Crippen LogP contribution in [0.15, 0.2) is 30.3 Å². The molecule has 1 aliphatic rings. The molecular weight excluding hydrogens is 214 g/mol. The second-order valence-electron chi connectivity index (χ2n) is 5.09. The van der Waals surface area contributed by atoms with Crippen molar-refractivity contribution in [2.75, 3.05) is 7.05 Å². The molecule has 94 valence electrons. The summed E-state index contributed by atoms with van der Waals surface area (Å²) in [7, 11) is 1.94. The van der Waals surface area contributed by atoms with Gasteiger partial charge in [-0.1, -0.05) is 44.2 Å². The zero-order chi connectivity index (χ0) is 12.4. The van der Waals surface area contributed by atoms with E-state index < -0.39 is 6.10 Å². The highest BCUT2D eigenvalue weighted by atomic mass is 16.7. The fourth-order valence-corrected chi connectivity index (χ4v) is 2.35. The highest BCUT2D eigenvalue weighted by Crippen LogP contribution is 2.34. The SMILES string of the molecule is CC(C)[C@@H](O)[C@H]1C[C@@H](c2ccccc2)N(C)O1. The number of rotatable bonds is 3. The lowest BCUT2D eigenvalue weighted by Crippen LogP contribution is -2.31. The van der Waals surface area contributed by atoms with Crippen molar-refractivity contribution in [3.8, 4) is 0 Å². The molecule has 3 heteroatoms. The van der Waals surface area contributed by atoms with Crippen molar-refractivity contribution in [2.45, 2.75) is 38.5 Å². The van der Waals surface area contributed by atoms with Crippen LogP contribution >= 0.6 is 0 Å². The van der Waals surface area contributed by atoms with Crippen molar-refractivity contribution < 1.29 is 9.94 Å². The molecule has 3 nitrogen and oxygen atoms in total. The predicted octanol–water partition coefficient (Wildman–Crippen LogP) is 2.38. The largest absolute Gasteiger partial charge is 0.390 e. The molecule has 0 saturated carbocycles. The van der Waals surface area contributed by atoms with Gasteiger partial charge in [0.05, 0.1) is 12.1 Å². The van der Waals surface area contributed by atoms with Gasteiger partial charge < -0.3 is 5.11 Å². The van der Waals surface area contributed by atoms with E-state index in [0.717, 1.165) is 6.42 Å². The Hall–Kier alpha value is -0.900. The molecule has 1 saturated heterocycles. The molecular formula is C14H21NO2. The number of benzene rings is 1. The second kappa shape index (κ2) is 5.17. The van der Waals surface area contributed by atoms with Crippen LogP contribution in [-0.4, -0.2) is 29.4 Å². The Morgan fingerprint density at radius 3 is 2.53 bits per heavy atom. The maximum atomic E-state index is 10.1. The van der Waals surface area contributed by atoms with Crippen LogP contribution in [0, 0.1) is 5.92 Å². The fraction of sp³-hybridized carbons (Fsp3) is 0.571. The van der Waals surface area contributed by atoms with Crippen molar-refractivity contribution in [2.24, 2.45) is 5.92 Å². The monoisotopic (exact) mass is 235 g/mol. The van der Waals surface area contributed by atoms with Crippen LogP contribution in [0.25, 0.3) is 0 Å². The van der Waals surface area contributed by atoms with Crippen molar-refractivity contribution in [1.29, 1.82) is 0 Å². The van der Waals surface area contributed by atoms with Gasteiger partial charge in [-0.3, -0.25) is 4.84 Å². The second-order valence-corrected chi connectivity index (χ2v) is 5.09. The van der Waals surface area contributed by atoms with Crippen molar-refractivity contribution in [3.63, 3.8) is 0 Å². The average Bonchev–Trinajstić information content (AvgIpc) is 2.71. The van der Waals surface area contributed by atoms with Gasteiger partial charge in [-0.2, -0.15) is 5.06 Å². The van der Waals surface area contributed by atoms with Gasteiger partial charge in [-0.25, -0.2) is 0 Å². The first-order valence-corrected chi connectivity index (χ1v) is 6.22. The van der Waals surface area contributed by atoms with Crippen LogP contribution in [0.2, 0.25) is 0 Å². The number of hydrogen-bond donors (Lipinski definition) is 1. The molecule has 0 aromatic heterocycles. The molecule has 2 rings (SSSR count). The van der Waals surface area contributed by atoms with Gasteiger partial charge in [0, 0.05) is 13.5 Å². The summed E-state index contributed by atoms with van der Waals surface area (Å²) in [5, 5.41) is 11.9. The third-order valence-corrected chi connectivity index (χ3v) is 3.44. The van der Waals surface area contributed by atoms with E-state index in [1.54, 1.807) is 0 Å². The Labute approximate surface area is 103 Å². The maximum absolute atomic E-state index is 10.1. The molecule has 1 fully saturated rings. The molecule has 0 amide bonds. The zero-order valence-electron chi connectivity index (χ0n) is 10.7. The Bertz CT molecular complexity index is 352. The molecule has 0 aliphatic carbocycles. The van der Waals surface area contributed by atoms with Crippen molar-refractivity contribution >= 4 is 0 Å². The van der Waals surface area contributed by atoms with Crippen molar-refractivity contribution in [3.05, 3.63) is 35.9 Å². The molecule has 1 N–H and O–H groups in total. The van der Waals surface area contributed by atoms with E-state index in [-0.39, 0.29) is 18.1 Å². The van der Waals surface area contributed by atoms with Gasteiger partial charge in [-0.15, -0.1) is 0 Å². The van der Waals surface area contributed by atoms with Gasteiger partial charge in [0.2, 0.25) is 0 Å². The quantitative estimate of drug-likeness (QED) is 0.873. The van der Waals surface area contributed by atoms with Gasteiger partial charge in [0.1, 0.15) is 6.10 Å². The Morgan fingerprint density at radius 2 is 1.94 bits per heavy atom. The van der Waals surface area contributed by atoms with Crippen molar-refractivity contribution in [1.82, 2.24) is 5.06 Å². The number of hydrogen-bond acceptors (Lipinski definition) is 3. The molecule has 1 aliphatic heterocycles. The highest BCUT2D eigenvalue weighted by Gasteiger charge is 2.36. The van der Waals surface area contributed by atoms with Crippen LogP contribution in [0.1, 0.15) is 31.9 Å². The first-order valence-electron chi connectivity index (χ1n) is 6.22. The summed E-state index contributed by atoms with van der Waals surface area (Å²) in [5.74, 6) is 0.225. The minimum atomic E-state index is -0.397. The molecule has 3 atom stereocenters. The first-order chi connectivity index (χ1) is 8.09. The molecule has 1 heterocycles. The summed E-state index contributed by atoms with van der Waals surface area (Å²) in [6.45, 7) is 4.04. The summed E-state index contributed by atoms with van der Waals surface area (Å²) < 4.78 is 0. The summed E-state index contributed by atoms with van der Waals surface area (Å²) >= 11 is 0. The van der Waals surface area contributed by atoms with E-state index in [1.165, 1.54) is 5.56 Å². The van der Waals surface area contributed by atoms with Gasteiger partial charge >= 0.3 is 0 Å². The maximum Gasteiger partial charge on any atom is 0.107 e. The van der Waals surface area contributed by atoms with E-state index in [1.807, 2.05) is 44.2 Å². The van der Waals surface area contributed by atoms with Crippen LogP contribution in [0.3, 0.4) is 0 Å². The predicted molar refractivity (Wildman–Crippen MR) is 67.3 cm³/mol. The van der Waals surface area contributed by atoms with E-state index in [2.05, 4.69) is 12.1 Å². The topological polar surface area (TPSA) is 32.7 Å². The molecule has 0 bridgehead atoms. The van der Waals surface area contributed by atoms with E-state index in [9.17, 15) is 5.11 Å².